The second-order valence-corrected chi connectivity index (χ2v) is 5.42. The van der Waals surface area contributed by atoms with Crippen molar-refractivity contribution in [2.75, 3.05) is 0 Å². The van der Waals surface area contributed by atoms with Crippen molar-refractivity contribution >= 4 is 5.65 Å². The maximum Gasteiger partial charge on any atom is 0.266 e. The Morgan fingerprint density at radius 2 is 1.86 bits per heavy atom. The number of hydrogen-bond donors (Lipinski definition) is 1. The van der Waals surface area contributed by atoms with Crippen molar-refractivity contribution < 1.29 is 0 Å². The normalized spacial score (nSPS) is 12.5. The molecule has 112 valence electrons. The molecule has 4 nitrogen and oxygen atoms in total. The first-order valence-electron chi connectivity index (χ1n) is 7.46. The molecule has 1 aromatic carbocycles. The van der Waals surface area contributed by atoms with Gasteiger partial charge in [0.15, 0.2) is 0 Å². The summed E-state index contributed by atoms with van der Waals surface area (Å²) in [5, 5.41) is 0. The summed E-state index contributed by atoms with van der Waals surface area (Å²) in [7, 11) is 0. The highest BCUT2D eigenvalue weighted by molar-refractivity contribution is 5.67. The molecular formula is C18H19N3O. The van der Waals surface area contributed by atoms with Gasteiger partial charge in [-0.2, -0.15) is 0 Å². The van der Waals surface area contributed by atoms with E-state index < -0.39 is 0 Å². The third-order valence-electron chi connectivity index (χ3n) is 3.93. The largest absolute Gasteiger partial charge is 0.323 e. The fourth-order valence-corrected chi connectivity index (χ4v) is 2.69. The van der Waals surface area contributed by atoms with Crippen LogP contribution in [0.15, 0.2) is 53.3 Å². The second kappa shape index (κ2) is 5.73. The van der Waals surface area contributed by atoms with Crippen molar-refractivity contribution in [3.63, 3.8) is 0 Å². The molecule has 22 heavy (non-hydrogen) atoms. The number of aryl methyl sites for hydroxylation is 1. The molecule has 2 aromatic heterocycles. The molecule has 2 N–H and O–H groups in total. The quantitative estimate of drug-likeness (QED) is 0.807. The molecule has 0 aliphatic rings. The molecule has 3 rings (SSSR count). The molecule has 0 bridgehead atoms. The zero-order chi connectivity index (χ0) is 15.7. The number of aromatic nitrogens is 2. The molecule has 1 unspecified atom stereocenters. The van der Waals surface area contributed by atoms with Gasteiger partial charge in [-0.1, -0.05) is 43.3 Å². The highest BCUT2D eigenvalue weighted by Gasteiger charge is 2.19. The summed E-state index contributed by atoms with van der Waals surface area (Å²) < 4.78 is 1.65. The van der Waals surface area contributed by atoms with Crippen LogP contribution in [-0.2, 0) is 0 Å². The van der Waals surface area contributed by atoms with E-state index in [0.717, 1.165) is 17.7 Å². The molecule has 0 spiro atoms. The maximum atomic E-state index is 13.1. The Bertz CT molecular complexity index is 869. The van der Waals surface area contributed by atoms with Crippen LogP contribution in [0.5, 0.6) is 0 Å². The fourth-order valence-electron chi connectivity index (χ4n) is 2.69. The summed E-state index contributed by atoms with van der Waals surface area (Å²) >= 11 is 0. The molecule has 0 aliphatic carbocycles. The van der Waals surface area contributed by atoms with Crippen LogP contribution in [-0.4, -0.2) is 9.38 Å². The molecule has 0 saturated heterocycles. The van der Waals surface area contributed by atoms with Gasteiger partial charge in [0.2, 0.25) is 0 Å². The lowest BCUT2D eigenvalue weighted by molar-refractivity contribution is 0.674. The zero-order valence-electron chi connectivity index (χ0n) is 12.8. The maximum absolute atomic E-state index is 13.1. The van der Waals surface area contributed by atoms with Gasteiger partial charge in [-0.3, -0.25) is 9.20 Å². The summed E-state index contributed by atoms with van der Waals surface area (Å²) in [6, 6.07) is 15.0. The summed E-state index contributed by atoms with van der Waals surface area (Å²) in [6.07, 6.45) is 0.730. The molecule has 0 saturated carbocycles. The van der Waals surface area contributed by atoms with E-state index in [1.54, 1.807) is 4.40 Å². The first kappa shape index (κ1) is 14.5. The van der Waals surface area contributed by atoms with Crippen LogP contribution in [0.2, 0.25) is 0 Å². The molecule has 1 atom stereocenters. The number of pyridine rings is 1. The van der Waals surface area contributed by atoms with E-state index >= 15 is 0 Å². The predicted octanol–water partition coefficient (Wildman–Crippen LogP) is 3.08. The summed E-state index contributed by atoms with van der Waals surface area (Å²) in [5.74, 6) is 0. The average molecular weight is 293 g/mol. The minimum absolute atomic E-state index is 0.0619. The molecule has 0 fully saturated rings. The number of benzene rings is 1. The van der Waals surface area contributed by atoms with Gasteiger partial charge in [0.05, 0.1) is 11.3 Å². The second-order valence-electron chi connectivity index (χ2n) is 5.42. The van der Waals surface area contributed by atoms with Crippen LogP contribution in [0.3, 0.4) is 0 Å². The van der Waals surface area contributed by atoms with Gasteiger partial charge in [-0.15, -0.1) is 0 Å². The summed E-state index contributed by atoms with van der Waals surface area (Å²) in [6.45, 7) is 3.91. The fraction of sp³-hybridized carbons (Fsp3) is 0.222. The molecular weight excluding hydrogens is 274 g/mol. The van der Waals surface area contributed by atoms with E-state index in [1.807, 2.05) is 62.4 Å². The monoisotopic (exact) mass is 293 g/mol. The third-order valence-corrected chi connectivity index (χ3v) is 3.93. The molecule has 0 aliphatic heterocycles. The SMILES string of the molecule is CCC(N)c1nc2cccc(C)n2c(=O)c1-c1ccccc1. The van der Waals surface area contributed by atoms with Crippen molar-refractivity contribution in [1.29, 1.82) is 0 Å². The van der Waals surface area contributed by atoms with Crippen molar-refractivity contribution in [1.82, 2.24) is 9.38 Å². The highest BCUT2D eigenvalue weighted by Crippen LogP contribution is 2.24. The van der Waals surface area contributed by atoms with Crippen LogP contribution in [0.25, 0.3) is 16.8 Å². The van der Waals surface area contributed by atoms with Gasteiger partial charge < -0.3 is 5.73 Å². The van der Waals surface area contributed by atoms with Crippen molar-refractivity contribution in [2.24, 2.45) is 5.73 Å². The van der Waals surface area contributed by atoms with E-state index in [9.17, 15) is 4.79 Å². The van der Waals surface area contributed by atoms with Gasteiger partial charge in [0.1, 0.15) is 5.65 Å². The Kier molecular flexibility index (Phi) is 3.77. The lowest BCUT2D eigenvalue weighted by atomic mass is 10.00. The molecule has 2 heterocycles. The van der Waals surface area contributed by atoms with Gasteiger partial charge in [-0.25, -0.2) is 4.98 Å². The van der Waals surface area contributed by atoms with Crippen molar-refractivity contribution in [2.45, 2.75) is 26.3 Å². The first-order chi connectivity index (χ1) is 10.6. The lowest BCUT2D eigenvalue weighted by Gasteiger charge is -2.16. The van der Waals surface area contributed by atoms with E-state index in [2.05, 4.69) is 4.98 Å². The molecule has 0 amide bonds. The van der Waals surface area contributed by atoms with Gasteiger partial charge >= 0.3 is 0 Å². The summed E-state index contributed by atoms with van der Waals surface area (Å²) in [4.78, 5) is 17.7. The molecule has 4 heteroatoms. The topological polar surface area (TPSA) is 60.4 Å². The number of nitrogens with two attached hydrogens (primary N) is 1. The predicted molar refractivity (Wildman–Crippen MR) is 88.9 cm³/mol. The minimum atomic E-state index is -0.256. The van der Waals surface area contributed by atoms with Crippen molar-refractivity contribution in [3.8, 4) is 11.1 Å². The number of fused-ring (bicyclic) bond motifs is 1. The van der Waals surface area contributed by atoms with E-state index in [-0.39, 0.29) is 11.6 Å². The highest BCUT2D eigenvalue weighted by atomic mass is 16.1. The summed E-state index contributed by atoms with van der Waals surface area (Å²) in [5.41, 5.74) is 9.79. The van der Waals surface area contributed by atoms with Crippen LogP contribution in [0, 0.1) is 6.92 Å². The van der Waals surface area contributed by atoms with Gasteiger partial charge in [0.25, 0.3) is 5.56 Å². The first-order valence-corrected chi connectivity index (χ1v) is 7.46. The van der Waals surface area contributed by atoms with E-state index in [1.165, 1.54) is 0 Å². The standard InChI is InChI=1S/C18H19N3O/c1-3-14(19)17-16(13-9-5-4-6-10-13)18(22)21-12(2)8-7-11-15(21)20-17/h4-11,14H,3,19H2,1-2H3. The third kappa shape index (κ3) is 2.31. The van der Waals surface area contributed by atoms with Gasteiger partial charge in [0, 0.05) is 11.7 Å². The van der Waals surface area contributed by atoms with Crippen LogP contribution >= 0.6 is 0 Å². The number of rotatable bonds is 3. The Hall–Kier alpha value is -2.46. The Labute approximate surface area is 129 Å². The lowest BCUT2D eigenvalue weighted by Crippen LogP contribution is -2.25. The number of hydrogen-bond acceptors (Lipinski definition) is 3. The smallest absolute Gasteiger partial charge is 0.266 e. The average Bonchev–Trinajstić information content (AvgIpc) is 2.54. The van der Waals surface area contributed by atoms with E-state index in [0.29, 0.717) is 16.9 Å². The van der Waals surface area contributed by atoms with E-state index in [4.69, 9.17) is 5.73 Å². The zero-order valence-corrected chi connectivity index (χ0v) is 12.8. The molecule has 0 radical (unpaired) electrons. The Morgan fingerprint density at radius 3 is 2.55 bits per heavy atom. The van der Waals surface area contributed by atoms with Crippen molar-refractivity contribution in [3.05, 3.63) is 70.3 Å². The Balaban J connectivity index is 2.44. The molecule has 3 aromatic rings. The van der Waals surface area contributed by atoms with Crippen LogP contribution in [0.1, 0.15) is 30.8 Å². The van der Waals surface area contributed by atoms with Crippen LogP contribution in [0.4, 0.5) is 0 Å². The Morgan fingerprint density at radius 1 is 1.14 bits per heavy atom. The van der Waals surface area contributed by atoms with Crippen LogP contribution < -0.4 is 11.3 Å². The number of nitrogens with zero attached hydrogens (tertiary/aromatic N) is 2. The van der Waals surface area contributed by atoms with Gasteiger partial charge in [-0.05, 0) is 31.0 Å². The minimum Gasteiger partial charge on any atom is -0.323 e.